The van der Waals surface area contributed by atoms with Gasteiger partial charge in [-0.15, -0.1) is 6.58 Å². The molecule has 70 valence electrons. The molecule has 0 amide bonds. The molecule has 0 bridgehead atoms. The van der Waals surface area contributed by atoms with Crippen molar-refractivity contribution in [3.63, 3.8) is 0 Å². The number of allylic oxidation sites excluding steroid dienone is 1. The lowest BCUT2D eigenvalue weighted by Gasteiger charge is -2.11. The number of nitrogens with zero attached hydrogens (tertiary/aromatic N) is 2. The average molecular weight is 197 g/mol. The monoisotopic (exact) mass is 196 g/mol. The topological polar surface area (TPSA) is 25.8 Å². The van der Waals surface area contributed by atoms with Crippen LogP contribution in [0.1, 0.15) is 30.5 Å². The van der Waals surface area contributed by atoms with Crippen molar-refractivity contribution < 1.29 is 0 Å². The number of halogens is 1. The molecule has 0 aliphatic rings. The van der Waals surface area contributed by atoms with Crippen LogP contribution in [0.25, 0.3) is 0 Å². The van der Waals surface area contributed by atoms with Gasteiger partial charge in [0.25, 0.3) is 0 Å². The average Bonchev–Trinajstić information content (AvgIpc) is 2.14. The second-order valence-electron chi connectivity index (χ2n) is 2.93. The molecule has 1 atom stereocenters. The Morgan fingerprint density at radius 2 is 2.31 bits per heavy atom. The van der Waals surface area contributed by atoms with E-state index in [1.165, 1.54) is 6.33 Å². The van der Waals surface area contributed by atoms with Crippen LogP contribution in [-0.4, -0.2) is 9.97 Å². The summed E-state index contributed by atoms with van der Waals surface area (Å²) in [5.74, 6) is 0.278. The zero-order chi connectivity index (χ0) is 9.84. The minimum atomic E-state index is 0.278. The zero-order valence-electron chi connectivity index (χ0n) is 7.92. The zero-order valence-corrected chi connectivity index (χ0v) is 8.67. The number of rotatable bonds is 3. The molecule has 0 radical (unpaired) electrons. The molecule has 1 aromatic heterocycles. The second kappa shape index (κ2) is 4.38. The van der Waals surface area contributed by atoms with Gasteiger partial charge in [-0.25, -0.2) is 9.97 Å². The van der Waals surface area contributed by atoms with Gasteiger partial charge in [0.15, 0.2) is 0 Å². The molecule has 0 saturated carbocycles. The lowest BCUT2D eigenvalue weighted by Crippen LogP contribution is -2.01. The predicted molar refractivity (Wildman–Crippen MR) is 55.0 cm³/mol. The normalized spacial score (nSPS) is 12.5. The van der Waals surface area contributed by atoms with Crippen molar-refractivity contribution in [3.05, 3.63) is 35.4 Å². The van der Waals surface area contributed by atoms with Gasteiger partial charge in [0.1, 0.15) is 11.5 Å². The van der Waals surface area contributed by atoms with Crippen molar-refractivity contribution in [1.82, 2.24) is 9.97 Å². The minimum Gasteiger partial charge on any atom is -0.240 e. The fourth-order valence-corrected chi connectivity index (χ4v) is 1.43. The Balaban J connectivity index is 3.13. The third-order valence-electron chi connectivity index (χ3n) is 2.14. The van der Waals surface area contributed by atoms with E-state index in [-0.39, 0.29) is 5.92 Å². The van der Waals surface area contributed by atoms with Crippen molar-refractivity contribution in [2.45, 2.75) is 26.2 Å². The third kappa shape index (κ3) is 2.07. The molecule has 0 aliphatic carbocycles. The fraction of sp³-hybridized carbons (Fsp3) is 0.400. The molecule has 0 aliphatic heterocycles. The number of hydrogen-bond donors (Lipinski definition) is 0. The van der Waals surface area contributed by atoms with Crippen LogP contribution in [-0.2, 0) is 0 Å². The maximum atomic E-state index is 5.89. The van der Waals surface area contributed by atoms with Gasteiger partial charge in [-0.1, -0.05) is 24.6 Å². The van der Waals surface area contributed by atoms with E-state index in [9.17, 15) is 0 Å². The Hall–Kier alpha value is -0.890. The molecule has 1 aromatic rings. The van der Waals surface area contributed by atoms with Crippen LogP contribution in [0.5, 0.6) is 0 Å². The largest absolute Gasteiger partial charge is 0.240 e. The highest BCUT2D eigenvalue weighted by Gasteiger charge is 2.11. The van der Waals surface area contributed by atoms with E-state index < -0.39 is 0 Å². The Bertz CT molecular complexity index is 310. The highest BCUT2D eigenvalue weighted by Crippen LogP contribution is 2.24. The van der Waals surface area contributed by atoms with Crippen LogP contribution in [0.3, 0.4) is 0 Å². The third-order valence-corrected chi connectivity index (χ3v) is 2.52. The first-order valence-electron chi connectivity index (χ1n) is 4.30. The van der Waals surface area contributed by atoms with Crippen LogP contribution < -0.4 is 0 Å². The van der Waals surface area contributed by atoms with E-state index in [2.05, 4.69) is 23.5 Å². The molecule has 0 N–H and O–H groups in total. The first kappa shape index (κ1) is 10.2. The van der Waals surface area contributed by atoms with E-state index in [4.69, 9.17) is 11.6 Å². The second-order valence-corrected chi connectivity index (χ2v) is 3.28. The van der Waals surface area contributed by atoms with Gasteiger partial charge in [-0.3, -0.25) is 0 Å². The molecule has 0 aromatic carbocycles. The maximum Gasteiger partial charge on any atom is 0.135 e. The highest BCUT2D eigenvalue weighted by atomic mass is 35.5. The standard InChI is InChI=1S/C10H13ClN2/c1-4-8(5-2)9-7(3)10(11)13-6-12-9/h4,6,8H,1,5H2,2-3H3. The first-order chi connectivity index (χ1) is 6.20. The summed E-state index contributed by atoms with van der Waals surface area (Å²) in [4.78, 5) is 8.12. The van der Waals surface area contributed by atoms with Gasteiger partial charge in [0.2, 0.25) is 0 Å². The summed E-state index contributed by atoms with van der Waals surface area (Å²) in [5, 5.41) is 0.533. The summed E-state index contributed by atoms with van der Waals surface area (Å²) in [6.45, 7) is 7.81. The van der Waals surface area contributed by atoms with Gasteiger partial charge in [0.05, 0.1) is 5.69 Å². The molecular formula is C10H13ClN2. The van der Waals surface area contributed by atoms with Gasteiger partial charge < -0.3 is 0 Å². The smallest absolute Gasteiger partial charge is 0.135 e. The molecule has 3 heteroatoms. The Labute approximate surface area is 83.7 Å². The summed E-state index contributed by atoms with van der Waals surface area (Å²) in [5.41, 5.74) is 1.94. The maximum absolute atomic E-state index is 5.89. The summed E-state index contributed by atoms with van der Waals surface area (Å²) in [6.07, 6.45) is 4.38. The Kier molecular flexibility index (Phi) is 3.43. The van der Waals surface area contributed by atoms with Crippen molar-refractivity contribution in [1.29, 1.82) is 0 Å². The molecule has 2 nitrogen and oxygen atoms in total. The van der Waals surface area contributed by atoms with Gasteiger partial charge in [0, 0.05) is 11.5 Å². The quantitative estimate of drug-likeness (QED) is 0.549. The Morgan fingerprint density at radius 3 is 2.85 bits per heavy atom. The molecule has 0 fully saturated rings. The molecule has 1 unspecified atom stereocenters. The lowest BCUT2D eigenvalue weighted by molar-refractivity contribution is 0.762. The van der Waals surface area contributed by atoms with Crippen molar-refractivity contribution in [3.8, 4) is 0 Å². The van der Waals surface area contributed by atoms with Crippen LogP contribution in [0.4, 0.5) is 0 Å². The van der Waals surface area contributed by atoms with E-state index >= 15 is 0 Å². The molecule has 1 rings (SSSR count). The fourth-order valence-electron chi connectivity index (χ4n) is 1.29. The van der Waals surface area contributed by atoms with E-state index in [0.29, 0.717) is 5.15 Å². The molecule has 13 heavy (non-hydrogen) atoms. The summed E-state index contributed by atoms with van der Waals surface area (Å²) < 4.78 is 0. The first-order valence-corrected chi connectivity index (χ1v) is 4.68. The van der Waals surface area contributed by atoms with Crippen LogP contribution in [0.2, 0.25) is 5.15 Å². The van der Waals surface area contributed by atoms with Crippen molar-refractivity contribution in [2.24, 2.45) is 0 Å². The predicted octanol–water partition coefficient (Wildman–Crippen LogP) is 3.12. The van der Waals surface area contributed by atoms with Crippen LogP contribution >= 0.6 is 11.6 Å². The molecule has 1 heterocycles. The molecular weight excluding hydrogens is 184 g/mol. The molecule has 0 spiro atoms. The van der Waals surface area contributed by atoms with Gasteiger partial charge in [-0.2, -0.15) is 0 Å². The van der Waals surface area contributed by atoms with E-state index in [1.807, 2.05) is 13.0 Å². The minimum absolute atomic E-state index is 0.278. The number of aromatic nitrogens is 2. The SMILES string of the molecule is C=CC(CC)c1ncnc(Cl)c1C. The summed E-state index contributed by atoms with van der Waals surface area (Å²) in [7, 11) is 0. The van der Waals surface area contributed by atoms with E-state index in [0.717, 1.165) is 17.7 Å². The van der Waals surface area contributed by atoms with Gasteiger partial charge in [-0.05, 0) is 13.3 Å². The van der Waals surface area contributed by atoms with Crippen LogP contribution in [0.15, 0.2) is 19.0 Å². The van der Waals surface area contributed by atoms with Crippen molar-refractivity contribution in [2.75, 3.05) is 0 Å². The van der Waals surface area contributed by atoms with Gasteiger partial charge >= 0.3 is 0 Å². The lowest BCUT2D eigenvalue weighted by atomic mass is 9.99. The number of hydrogen-bond acceptors (Lipinski definition) is 2. The highest BCUT2D eigenvalue weighted by molar-refractivity contribution is 6.30. The van der Waals surface area contributed by atoms with E-state index in [1.54, 1.807) is 0 Å². The summed E-state index contributed by atoms with van der Waals surface area (Å²) in [6, 6.07) is 0. The Morgan fingerprint density at radius 1 is 1.62 bits per heavy atom. The summed E-state index contributed by atoms with van der Waals surface area (Å²) >= 11 is 5.89. The van der Waals surface area contributed by atoms with Crippen LogP contribution in [0, 0.1) is 6.92 Å². The molecule has 0 saturated heterocycles. The van der Waals surface area contributed by atoms with Crippen molar-refractivity contribution >= 4 is 11.6 Å².